The molecule has 98 valence electrons. The Bertz CT molecular complexity index is 442. The molecule has 0 aliphatic carbocycles. The number of oxime groups is 1. The maximum atomic E-state index is 13.2. The number of hydrogen-bond donors (Lipinski definition) is 1. The zero-order valence-corrected chi connectivity index (χ0v) is 10.2. The van der Waals surface area contributed by atoms with Gasteiger partial charge in [0.1, 0.15) is 17.7 Å². The van der Waals surface area contributed by atoms with Crippen LogP contribution < -0.4 is 4.74 Å². The third kappa shape index (κ3) is 2.98. The lowest BCUT2D eigenvalue weighted by Crippen LogP contribution is -2.26. The first-order valence-corrected chi connectivity index (χ1v) is 5.93. The van der Waals surface area contributed by atoms with Crippen LogP contribution in [-0.2, 0) is 4.74 Å². The van der Waals surface area contributed by atoms with Gasteiger partial charge in [0, 0.05) is 18.4 Å². The highest BCUT2D eigenvalue weighted by Gasteiger charge is 2.18. The van der Waals surface area contributed by atoms with E-state index in [4.69, 9.17) is 14.7 Å². The summed E-state index contributed by atoms with van der Waals surface area (Å²) in [4.78, 5) is 0. The molecule has 5 heteroatoms. The van der Waals surface area contributed by atoms with E-state index in [9.17, 15) is 4.39 Å². The minimum absolute atomic E-state index is 0.0643. The molecule has 0 bridgehead atoms. The van der Waals surface area contributed by atoms with E-state index in [0.29, 0.717) is 30.2 Å². The molecule has 4 nitrogen and oxygen atoms in total. The molecule has 1 heterocycles. The van der Waals surface area contributed by atoms with Crippen LogP contribution in [0.5, 0.6) is 5.75 Å². The third-order valence-electron chi connectivity index (χ3n) is 2.94. The highest BCUT2D eigenvalue weighted by molar-refractivity contribution is 6.00. The van der Waals surface area contributed by atoms with Crippen molar-refractivity contribution in [2.45, 2.75) is 25.9 Å². The van der Waals surface area contributed by atoms with E-state index >= 15 is 0 Å². The van der Waals surface area contributed by atoms with Crippen molar-refractivity contribution in [2.24, 2.45) is 5.16 Å². The van der Waals surface area contributed by atoms with Crippen LogP contribution >= 0.6 is 0 Å². The molecular weight excluding hydrogens is 237 g/mol. The first kappa shape index (κ1) is 12.8. The molecule has 18 heavy (non-hydrogen) atoms. The third-order valence-corrected chi connectivity index (χ3v) is 2.94. The van der Waals surface area contributed by atoms with Gasteiger partial charge < -0.3 is 14.7 Å². The molecular formula is C13H16FNO3. The highest BCUT2D eigenvalue weighted by Crippen LogP contribution is 2.24. The van der Waals surface area contributed by atoms with Gasteiger partial charge in [-0.15, -0.1) is 0 Å². The Kier molecular flexibility index (Phi) is 4.15. The summed E-state index contributed by atoms with van der Waals surface area (Å²) in [6.45, 7) is 2.95. The first-order valence-electron chi connectivity index (χ1n) is 5.93. The van der Waals surface area contributed by atoms with Gasteiger partial charge in [-0.05, 0) is 25.1 Å². The lowest BCUT2D eigenvalue weighted by Gasteiger charge is -2.24. The minimum atomic E-state index is -0.382. The molecule has 0 aromatic heterocycles. The fourth-order valence-electron chi connectivity index (χ4n) is 1.91. The van der Waals surface area contributed by atoms with Crippen molar-refractivity contribution in [2.75, 3.05) is 13.2 Å². The van der Waals surface area contributed by atoms with E-state index in [1.165, 1.54) is 12.1 Å². The van der Waals surface area contributed by atoms with Crippen LogP contribution in [0.15, 0.2) is 23.4 Å². The second kappa shape index (κ2) is 5.82. The van der Waals surface area contributed by atoms with E-state index < -0.39 is 0 Å². The topological polar surface area (TPSA) is 51.1 Å². The van der Waals surface area contributed by atoms with Gasteiger partial charge in [-0.3, -0.25) is 0 Å². The molecule has 1 N–H and O–H groups in total. The predicted octanol–water partition coefficient (Wildman–Crippen LogP) is 2.58. The molecule has 2 rings (SSSR count). The second-order valence-corrected chi connectivity index (χ2v) is 4.26. The standard InChI is InChI=1S/C13H16FNO3/c1-9(15-16)12-8-10(14)2-3-13(12)18-11-4-6-17-7-5-11/h2-3,8,11,16H,4-7H2,1H3. The Morgan fingerprint density at radius 3 is 2.83 bits per heavy atom. The molecule has 0 spiro atoms. The van der Waals surface area contributed by atoms with Gasteiger partial charge >= 0.3 is 0 Å². The Balaban J connectivity index is 2.20. The van der Waals surface area contributed by atoms with Crippen LogP contribution in [0.25, 0.3) is 0 Å². The van der Waals surface area contributed by atoms with E-state index in [2.05, 4.69) is 5.16 Å². The van der Waals surface area contributed by atoms with Crippen molar-refractivity contribution in [3.63, 3.8) is 0 Å². The quantitative estimate of drug-likeness (QED) is 0.511. The largest absolute Gasteiger partial charge is 0.490 e. The Morgan fingerprint density at radius 2 is 2.17 bits per heavy atom. The maximum absolute atomic E-state index is 13.2. The number of hydrogen-bond acceptors (Lipinski definition) is 4. The molecule has 1 fully saturated rings. The molecule has 1 saturated heterocycles. The molecule has 0 radical (unpaired) electrons. The second-order valence-electron chi connectivity index (χ2n) is 4.26. The minimum Gasteiger partial charge on any atom is -0.490 e. The van der Waals surface area contributed by atoms with Crippen molar-refractivity contribution in [1.82, 2.24) is 0 Å². The zero-order valence-electron chi connectivity index (χ0n) is 10.2. The lowest BCUT2D eigenvalue weighted by atomic mass is 10.1. The van der Waals surface area contributed by atoms with Crippen molar-refractivity contribution >= 4 is 5.71 Å². The van der Waals surface area contributed by atoms with E-state index in [0.717, 1.165) is 12.8 Å². The summed E-state index contributed by atoms with van der Waals surface area (Å²) in [5, 5.41) is 11.9. The van der Waals surface area contributed by atoms with Crippen LogP contribution in [0.2, 0.25) is 0 Å². The maximum Gasteiger partial charge on any atom is 0.129 e. The summed E-state index contributed by atoms with van der Waals surface area (Å²) in [5.74, 6) is 0.158. The van der Waals surface area contributed by atoms with Gasteiger partial charge in [0.25, 0.3) is 0 Å². The average Bonchev–Trinajstić information content (AvgIpc) is 2.41. The van der Waals surface area contributed by atoms with Gasteiger partial charge in [0.2, 0.25) is 0 Å². The van der Waals surface area contributed by atoms with Gasteiger partial charge in [-0.2, -0.15) is 0 Å². The zero-order chi connectivity index (χ0) is 13.0. The number of ether oxygens (including phenoxy) is 2. The van der Waals surface area contributed by atoms with E-state index in [1.807, 2.05) is 0 Å². The van der Waals surface area contributed by atoms with Crippen LogP contribution in [0.3, 0.4) is 0 Å². The summed E-state index contributed by atoms with van der Waals surface area (Å²) in [7, 11) is 0. The molecule has 0 unspecified atom stereocenters. The van der Waals surface area contributed by atoms with Crippen molar-refractivity contribution in [3.8, 4) is 5.75 Å². The number of benzene rings is 1. The Morgan fingerprint density at radius 1 is 1.44 bits per heavy atom. The molecule has 1 aliphatic rings. The number of nitrogens with zero attached hydrogens (tertiary/aromatic N) is 1. The highest BCUT2D eigenvalue weighted by atomic mass is 19.1. The normalized spacial score (nSPS) is 17.8. The number of halogens is 1. The van der Waals surface area contributed by atoms with Crippen molar-refractivity contribution < 1.29 is 19.1 Å². The fraction of sp³-hybridized carbons (Fsp3) is 0.462. The van der Waals surface area contributed by atoms with Crippen LogP contribution in [0, 0.1) is 5.82 Å². The van der Waals surface area contributed by atoms with Gasteiger partial charge in [-0.1, -0.05) is 5.16 Å². The molecule has 1 aromatic rings. The molecule has 1 aliphatic heterocycles. The fourth-order valence-corrected chi connectivity index (χ4v) is 1.91. The van der Waals surface area contributed by atoms with E-state index in [-0.39, 0.29) is 11.9 Å². The van der Waals surface area contributed by atoms with Crippen LogP contribution in [0.1, 0.15) is 25.3 Å². The van der Waals surface area contributed by atoms with Crippen molar-refractivity contribution in [3.05, 3.63) is 29.6 Å². The number of rotatable bonds is 3. The molecule has 0 atom stereocenters. The lowest BCUT2D eigenvalue weighted by molar-refractivity contribution is 0.0254. The van der Waals surface area contributed by atoms with Gasteiger partial charge in [-0.25, -0.2) is 4.39 Å². The molecule has 1 aromatic carbocycles. The average molecular weight is 253 g/mol. The molecule has 0 saturated carbocycles. The molecule has 0 amide bonds. The Hall–Kier alpha value is -1.62. The summed E-state index contributed by atoms with van der Waals surface area (Å²) >= 11 is 0. The SMILES string of the molecule is CC(=NO)c1cc(F)ccc1OC1CCOCC1. The van der Waals surface area contributed by atoms with Gasteiger partial charge in [0.05, 0.1) is 18.9 Å². The first-order chi connectivity index (χ1) is 8.70. The smallest absolute Gasteiger partial charge is 0.129 e. The summed E-state index contributed by atoms with van der Waals surface area (Å²) in [6, 6.07) is 4.21. The summed E-state index contributed by atoms with van der Waals surface area (Å²) in [5.41, 5.74) is 0.806. The summed E-state index contributed by atoms with van der Waals surface area (Å²) < 4.78 is 24.3. The summed E-state index contributed by atoms with van der Waals surface area (Å²) in [6.07, 6.45) is 1.69. The van der Waals surface area contributed by atoms with Gasteiger partial charge in [0.15, 0.2) is 0 Å². The van der Waals surface area contributed by atoms with E-state index in [1.54, 1.807) is 13.0 Å². The Labute approximate surface area is 105 Å². The van der Waals surface area contributed by atoms with Crippen molar-refractivity contribution in [1.29, 1.82) is 0 Å². The predicted molar refractivity (Wildman–Crippen MR) is 64.9 cm³/mol. The van der Waals surface area contributed by atoms with Crippen LogP contribution in [-0.4, -0.2) is 30.2 Å². The van der Waals surface area contributed by atoms with Crippen LogP contribution in [0.4, 0.5) is 4.39 Å². The monoisotopic (exact) mass is 253 g/mol.